The van der Waals surface area contributed by atoms with Crippen molar-refractivity contribution in [2.75, 3.05) is 13.1 Å². The highest BCUT2D eigenvalue weighted by Gasteiger charge is 2.36. The van der Waals surface area contributed by atoms with E-state index in [-0.39, 0.29) is 11.9 Å². The van der Waals surface area contributed by atoms with Crippen LogP contribution in [-0.2, 0) is 4.79 Å². The van der Waals surface area contributed by atoms with Gasteiger partial charge in [-0.05, 0) is 37.5 Å². The molecule has 0 aromatic carbocycles. The van der Waals surface area contributed by atoms with E-state index in [0.29, 0.717) is 13.1 Å². The van der Waals surface area contributed by atoms with Crippen LogP contribution < -0.4 is 5.32 Å². The Morgan fingerprint density at radius 3 is 2.57 bits per heavy atom. The van der Waals surface area contributed by atoms with Gasteiger partial charge in [0.1, 0.15) is 6.04 Å². The van der Waals surface area contributed by atoms with E-state index >= 15 is 0 Å². The quantitative estimate of drug-likeness (QED) is 0.766. The van der Waals surface area contributed by atoms with Gasteiger partial charge in [0.25, 0.3) is 0 Å². The summed E-state index contributed by atoms with van der Waals surface area (Å²) in [6, 6.07) is -0.881. The molecule has 1 saturated carbocycles. The molecule has 2 unspecified atom stereocenters. The van der Waals surface area contributed by atoms with Crippen molar-refractivity contribution < 1.29 is 14.7 Å². The van der Waals surface area contributed by atoms with Gasteiger partial charge in [0.2, 0.25) is 0 Å². The standard InChI is InChI=1S/C16H28N2O3/c1-12-6-5-11-18(14(12)15(19)20)16(21)17-10-4-9-13-7-2-3-8-13/h12-14H,2-11H2,1H3,(H,17,21)(H,19,20). The number of urea groups is 1. The SMILES string of the molecule is CC1CCCN(C(=O)NCCCC2CCCC2)C1C(=O)O. The summed E-state index contributed by atoms with van der Waals surface area (Å²) in [4.78, 5) is 25.1. The molecule has 2 atom stereocenters. The van der Waals surface area contributed by atoms with Gasteiger partial charge in [0.05, 0.1) is 0 Å². The maximum Gasteiger partial charge on any atom is 0.326 e. The van der Waals surface area contributed by atoms with Crippen molar-refractivity contribution in [3.05, 3.63) is 0 Å². The molecule has 0 spiro atoms. The molecule has 2 rings (SSSR count). The highest BCUT2D eigenvalue weighted by Crippen LogP contribution is 2.28. The minimum absolute atomic E-state index is 0.0282. The fourth-order valence-electron chi connectivity index (χ4n) is 3.78. The fraction of sp³-hybridized carbons (Fsp3) is 0.875. The predicted octanol–water partition coefficient (Wildman–Crippen LogP) is 2.85. The van der Waals surface area contributed by atoms with Gasteiger partial charge >= 0.3 is 12.0 Å². The molecule has 120 valence electrons. The highest BCUT2D eigenvalue weighted by atomic mass is 16.4. The zero-order valence-corrected chi connectivity index (χ0v) is 13.0. The number of hydrogen-bond donors (Lipinski definition) is 2. The summed E-state index contributed by atoms with van der Waals surface area (Å²) in [5.74, 6) is -0.0209. The molecule has 1 aliphatic carbocycles. The van der Waals surface area contributed by atoms with Crippen LogP contribution in [0, 0.1) is 11.8 Å². The Hall–Kier alpha value is -1.26. The van der Waals surface area contributed by atoms with Gasteiger partial charge in [-0.1, -0.05) is 32.6 Å². The summed E-state index contributed by atoms with van der Waals surface area (Å²) in [5, 5.41) is 12.2. The Balaban J connectivity index is 1.74. The maximum absolute atomic E-state index is 12.2. The second-order valence-corrected chi connectivity index (χ2v) is 6.62. The molecule has 0 aromatic heterocycles. The van der Waals surface area contributed by atoms with E-state index in [1.807, 2.05) is 6.92 Å². The van der Waals surface area contributed by atoms with Crippen LogP contribution in [0.1, 0.15) is 58.3 Å². The molecular weight excluding hydrogens is 268 g/mol. The van der Waals surface area contributed by atoms with Crippen molar-refractivity contribution in [2.24, 2.45) is 11.8 Å². The second-order valence-electron chi connectivity index (χ2n) is 6.62. The molecule has 2 N–H and O–H groups in total. The summed E-state index contributed by atoms with van der Waals surface area (Å²) in [6.07, 6.45) is 9.31. The lowest BCUT2D eigenvalue weighted by Gasteiger charge is -2.37. The van der Waals surface area contributed by atoms with Gasteiger partial charge in [-0.3, -0.25) is 0 Å². The van der Waals surface area contributed by atoms with Gasteiger partial charge in [-0.2, -0.15) is 0 Å². The zero-order chi connectivity index (χ0) is 15.2. The Labute approximate surface area is 127 Å². The number of piperidine rings is 1. The fourth-order valence-corrected chi connectivity index (χ4v) is 3.78. The van der Waals surface area contributed by atoms with Crippen molar-refractivity contribution in [2.45, 2.75) is 64.3 Å². The average Bonchev–Trinajstić information content (AvgIpc) is 2.95. The van der Waals surface area contributed by atoms with Crippen LogP contribution in [0.4, 0.5) is 4.79 Å². The van der Waals surface area contributed by atoms with Crippen molar-refractivity contribution in [3.8, 4) is 0 Å². The second kappa shape index (κ2) is 7.66. The lowest BCUT2D eigenvalue weighted by molar-refractivity contribution is -0.145. The van der Waals surface area contributed by atoms with Gasteiger partial charge in [0, 0.05) is 13.1 Å². The van der Waals surface area contributed by atoms with Crippen molar-refractivity contribution in [1.29, 1.82) is 0 Å². The summed E-state index contributed by atoms with van der Waals surface area (Å²) in [5.41, 5.74) is 0. The number of nitrogens with one attached hydrogen (secondary N) is 1. The minimum atomic E-state index is -0.886. The summed E-state index contributed by atoms with van der Waals surface area (Å²) in [7, 11) is 0. The van der Waals surface area contributed by atoms with Crippen LogP contribution in [0.3, 0.4) is 0 Å². The van der Waals surface area contributed by atoms with Crippen LogP contribution in [0.25, 0.3) is 0 Å². The Morgan fingerprint density at radius 2 is 1.90 bits per heavy atom. The molecule has 1 saturated heterocycles. The van der Waals surface area contributed by atoms with Gasteiger partial charge in [-0.25, -0.2) is 9.59 Å². The van der Waals surface area contributed by atoms with Crippen LogP contribution in [0.2, 0.25) is 0 Å². The number of carbonyl (C=O) groups is 2. The van der Waals surface area contributed by atoms with E-state index in [4.69, 9.17) is 0 Å². The lowest BCUT2D eigenvalue weighted by Crippen LogP contribution is -2.55. The first kappa shape index (κ1) is 16.1. The number of amides is 2. The Morgan fingerprint density at radius 1 is 1.19 bits per heavy atom. The normalized spacial score (nSPS) is 26.8. The maximum atomic E-state index is 12.2. The molecule has 5 heteroatoms. The van der Waals surface area contributed by atoms with Crippen molar-refractivity contribution in [3.63, 3.8) is 0 Å². The van der Waals surface area contributed by atoms with Gasteiger partial charge < -0.3 is 15.3 Å². The van der Waals surface area contributed by atoms with Crippen LogP contribution in [0.5, 0.6) is 0 Å². The highest BCUT2D eigenvalue weighted by molar-refractivity contribution is 5.83. The summed E-state index contributed by atoms with van der Waals surface area (Å²) >= 11 is 0. The smallest absolute Gasteiger partial charge is 0.326 e. The third kappa shape index (κ3) is 4.35. The average molecular weight is 296 g/mol. The number of carboxylic acids is 1. The van der Waals surface area contributed by atoms with E-state index in [1.165, 1.54) is 37.0 Å². The van der Waals surface area contributed by atoms with Crippen LogP contribution in [0.15, 0.2) is 0 Å². The van der Waals surface area contributed by atoms with Crippen molar-refractivity contribution in [1.82, 2.24) is 10.2 Å². The Bertz CT molecular complexity index is 367. The predicted molar refractivity (Wildman–Crippen MR) is 81.1 cm³/mol. The molecule has 21 heavy (non-hydrogen) atoms. The van der Waals surface area contributed by atoms with Gasteiger partial charge in [0.15, 0.2) is 0 Å². The van der Waals surface area contributed by atoms with E-state index in [0.717, 1.165) is 25.2 Å². The zero-order valence-electron chi connectivity index (χ0n) is 13.0. The molecular formula is C16H28N2O3. The molecule has 2 amide bonds. The molecule has 1 heterocycles. The number of hydrogen-bond acceptors (Lipinski definition) is 2. The lowest BCUT2D eigenvalue weighted by atomic mass is 9.91. The molecule has 1 aliphatic heterocycles. The monoisotopic (exact) mass is 296 g/mol. The largest absolute Gasteiger partial charge is 0.480 e. The van der Waals surface area contributed by atoms with E-state index in [9.17, 15) is 14.7 Å². The third-order valence-corrected chi connectivity index (χ3v) is 4.99. The topological polar surface area (TPSA) is 69.6 Å². The Kier molecular flexibility index (Phi) is 5.88. The van der Waals surface area contributed by atoms with Crippen LogP contribution in [-0.4, -0.2) is 41.1 Å². The van der Waals surface area contributed by atoms with Crippen LogP contribution >= 0.6 is 0 Å². The first-order valence-corrected chi connectivity index (χ1v) is 8.37. The van der Waals surface area contributed by atoms with Gasteiger partial charge in [-0.15, -0.1) is 0 Å². The summed E-state index contributed by atoms with van der Waals surface area (Å²) in [6.45, 7) is 3.13. The molecule has 0 aromatic rings. The minimum Gasteiger partial charge on any atom is -0.480 e. The number of likely N-dealkylation sites (tertiary alicyclic amines) is 1. The molecule has 5 nitrogen and oxygen atoms in total. The molecule has 2 aliphatic rings. The van der Waals surface area contributed by atoms with Crippen molar-refractivity contribution >= 4 is 12.0 Å². The summed E-state index contributed by atoms with van der Waals surface area (Å²) < 4.78 is 0. The molecule has 0 bridgehead atoms. The number of aliphatic carboxylic acids is 1. The number of rotatable bonds is 5. The number of carboxylic acid groups (broad SMARTS) is 1. The third-order valence-electron chi connectivity index (χ3n) is 4.99. The van der Waals surface area contributed by atoms with E-state index in [1.54, 1.807) is 0 Å². The molecule has 0 radical (unpaired) electrons. The first-order valence-electron chi connectivity index (χ1n) is 8.37. The number of carbonyl (C=O) groups excluding carboxylic acids is 1. The number of nitrogens with zero attached hydrogens (tertiary/aromatic N) is 1. The van der Waals surface area contributed by atoms with E-state index < -0.39 is 12.0 Å². The first-order chi connectivity index (χ1) is 10.1. The van der Waals surface area contributed by atoms with E-state index in [2.05, 4.69) is 5.32 Å². The molecule has 2 fully saturated rings.